The number of aromatic nitrogens is 4. The van der Waals surface area contributed by atoms with Gasteiger partial charge in [-0.1, -0.05) is 16.4 Å². The molecule has 1 fully saturated rings. The van der Waals surface area contributed by atoms with Crippen molar-refractivity contribution in [3.05, 3.63) is 58.7 Å². The van der Waals surface area contributed by atoms with E-state index in [1.54, 1.807) is 17.9 Å². The third-order valence-corrected chi connectivity index (χ3v) is 6.50. The van der Waals surface area contributed by atoms with Gasteiger partial charge in [0.25, 0.3) is 5.91 Å². The number of rotatable bonds is 5. The number of ether oxygens (including phenoxy) is 1. The van der Waals surface area contributed by atoms with Gasteiger partial charge in [-0.05, 0) is 50.8 Å². The lowest BCUT2D eigenvalue weighted by atomic mass is 10.0. The fraction of sp³-hybridized carbons (Fsp3) is 0.320. The molecule has 36 heavy (non-hydrogen) atoms. The molecule has 0 unspecified atom stereocenters. The Labute approximate surface area is 205 Å². The second-order valence-electron chi connectivity index (χ2n) is 9.09. The van der Waals surface area contributed by atoms with Crippen LogP contribution in [0, 0.1) is 13.8 Å². The van der Waals surface area contributed by atoms with Crippen LogP contribution in [0.15, 0.2) is 39.4 Å². The van der Waals surface area contributed by atoms with Gasteiger partial charge in [0.2, 0.25) is 0 Å². The van der Waals surface area contributed by atoms with Crippen molar-refractivity contribution in [2.45, 2.75) is 39.2 Å². The number of H-pyrrole nitrogens is 1. The molecule has 1 saturated heterocycles. The fourth-order valence-electron chi connectivity index (χ4n) is 4.78. The zero-order valence-corrected chi connectivity index (χ0v) is 19.8. The molecule has 2 aliphatic rings. The highest BCUT2D eigenvalue weighted by atomic mass is 16.6. The number of cyclic esters (lactones) is 1. The standard InChI is InChI=1S/C25H24N6O5/c1-13-8-20(29-35-13)23-19-5-3-4-15-10-16(6-7-18(15)22(19)27-28-23)31-12-17(34-25(31)33)11-26-24(32)21-9-14(2)36-30-21/h6-10,17H,3-5,11-12H2,1-2H3,(H,26,32)(H,27,28)/t17-/m0/s1. The predicted molar refractivity (Wildman–Crippen MR) is 127 cm³/mol. The molecule has 0 bridgehead atoms. The van der Waals surface area contributed by atoms with Gasteiger partial charge in [-0.25, -0.2) is 4.79 Å². The summed E-state index contributed by atoms with van der Waals surface area (Å²) in [6.45, 7) is 4.09. The van der Waals surface area contributed by atoms with Gasteiger partial charge in [0.15, 0.2) is 5.69 Å². The van der Waals surface area contributed by atoms with Crippen LogP contribution in [-0.4, -0.2) is 51.7 Å². The van der Waals surface area contributed by atoms with Gasteiger partial charge in [0.1, 0.15) is 23.3 Å². The minimum atomic E-state index is -0.473. The molecule has 184 valence electrons. The van der Waals surface area contributed by atoms with E-state index >= 15 is 0 Å². The van der Waals surface area contributed by atoms with Crippen LogP contribution in [-0.2, 0) is 17.6 Å². The van der Waals surface area contributed by atoms with Crippen molar-refractivity contribution in [2.24, 2.45) is 0 Å². The van der Waals surface area contributed by atoms with E-state index in [2.05, 4.69) is 25.8 Å². The van der Waals surface area contributed by atoms with E-state index in [0.29, 0.717) is 12.3 Å². The Morgan fingerprint density at radius 3 is 2.75 bits per heavy atom. The molecule has 1 aliphatic carbocycles. The Hall–Kier alpha value is -4.41. The van der Waals surface area contributed by atoms with Crippen molar-refractivity contribution in [3.8, 4) is 22.6 Å². The number of hydrogen-bond donors (Lipinski definition) is 2. The molecule has 4 heterocycles. The summed E-state index contributed by atoms with van der Waals surface area (Å²) in [6, 6.07) is 9.39. The van der Waals surface area contributed by atoms with Gasteiger partial charge in [-0.3, -0.25) is 14.8 Å². The fourth-order valence-corrected chi connectivity index (χ4v) is 4.78. The zero-order chi connectivity index (χ0) is 24.8. The molecule has 1 atom stereocenters. The largest absolute Gasteiger partial charge is 0.442 e. The first kappa shape index (κ1) is 22.1. The Morgan fingerprint density at radius 2 is 1.97 bits per heavy atom. The highest BCUT2D eigenvalue weighted by Gasteiger charge is 2.33. The number of nitrogens with zero attached hydrogens (tertiary/aromatic N) is 4. The van der Waals surface area contributed by atoms with Crippen molar-refractivity contribution < 1.29 is 23.4 Å². The molecular weight excluding hydrogens is 464 g/mol. The summed E-state index contributed by atoms with van der Waals surface area (Å²) in [7, 11) is 0. The number of anilines is 1. The number of aryl methyl sites for hydroxylation is 3. The molecular formula is C25H24N6O5. The summed E-state index contributed by atoms with van der Waals surface area (Å²) in [5.74, 6) is 0.921. The van der Waals surface area contributed by atoms with Crippen molar-refractivity contribution >= 4 is 17.7 Å². The summed E-state index contributed by atoms with van der Waals surface area (Å²) in [4.78, 5) is 26.5. The molecule has 11 heteroatoms. The molecule has 11 nitrogen and oxygen atoms in total. The van der Waals surface area contributed by atoms with Crippen LogP contribution in [0.1, 0.15) is 39.6 Å². The third-order valence-electron chi connectivity index (χ3n) is 6.50. The van der Waals surface area contributed by atoms with Crippen LogP contribution in [0.5, 0.6) is 0 Å². The minimum Gasteiger partial charge on any atom is -0.442 e. The van der Waals surface area contributed by atoms with E-state index in [4.69, 9.17) is 13.8 Å². The first-order valence-corrected chi connectivity index (χ1v) is 11.8. The average Bonchev–Trinajstić information content (AvgIpc) is 3.64. The first-order valence-electron chi connectivity index (χ1n) is 11.8. The first-order chi connectivity index (χ1) is 17.5. The lowest BCUT2D eigenvalue weighted by molar-refractivity contribution is 0.0907. The van der Waals surface area contributed by atoms with Crippen LogP contribution in [0.4, 0.5) is 10.5 Å². The quantitative estimate of drug-likeness (QED) is 0.435. The molecule has 0 spiro atoms. The van der Waals surface area contributed by atoms with Crippen molar-refractivity contribution in [3.63, 3.8) is 0 Å². The topological polar surface area (TPSA) is 139 Å². The van der Waals surface area contributed by atoms with Gasteiger partial charge in [0, 0.05) is 28.9 Å². The van der Waals surface area contributed by atoms with E-state index in [-0.39, 0.29) is 18.1 Å². The monoisotopic (exact) mass is 488 g/mol. The maximum Gasteiger partial charge on any atom is 0.414 e. The highest BCUT2D eigenvalue weighted by Crippen LogP contribution is 2.38. The molecule has 1 aliphatic heterocycles. The number of aromatic amines is 1. The van der Waals surface area contributed by atoms with E-state index < -0.39 is 12.2 Å². The van der Waals surface area contributed by atoms with Crippen molar-refractivity contribution in [1.29, 1.82) is 0 Å². The Balaban J connectivity index is 1.19. The van der Waals surface area contributed by atoms with E-state index in [9.17, 15) is 9.59 Å². The average molecular weight is 489 g/mol. The third kappa shape index (κ3) is 3.92. The van der Waals surface area contributed by atoms with Crippen LogP contribution in [0.3, 0.4) is 0 Å². The normalized spacial score (nSPS) is 16.9. The molecule has 1 aromatic carbocycles. The van der Waals surface area contributed by atoms with E-state index in [1.165, 1.54) is 0 Å². The summed E-state index contributed by atoms with van der Waals surface area (Å²) >= 11 is 0. The number of benzene rings is 1. The summed E-state index contributed by atoms with van der Waals surface area (Å²) in [6.07, 6.45) is 1.74. The van der Waals surface area contributed by atoms with Crippen LogP contribution >= 0.6 is 0 Å². The lowest BCUT2D eigenvalue weighted by Crippen LogP contribution is -2.34. The highest BCUT2D eigenvalue weighted by molar-refractivity contribution is 5.93. The number of carbonyl (C=O) groups is 2. The van der Waals surface area contributed by atoms with E-state index in [1.807, 2.05) is 31.2 Å². The minimum absolute atomic E-state index is 0.179. The number of carbonyl (C=O) groups excluding carboxylic acids is 2. The molecule has 3 aromatic heterocycles. The van der Waals surface area contributed by atoms with Gasteiger partial charge in [0.05, 0.1) is 24.5 Å². The second-order valence-corrected chi connectivity index (χ2v) is 9.09. The Kier molecular flexibility index (Phi) is 5.32. The molecule has 0 radical (unpaired) electrons. The van der Waals surface area contributed by atoms with Crippen LogP contribution < -0.4 is 10.2 Å². The Bertz CT molecular complexity index is 1470. The number of amides is 2. The smallest absolute Gasteiger partial charge is 0.414 e. The SMILES string of the molecule is Cc1cc(C(=O)NC[C@H]2CN(c3ccc4c(c3)CCCc3c-4n[nH]c3-c3cc(C)on3)C(=O)O2)no1. The van der Waals surface area contributed by atoms with Crippen LogP contribution in [0.25, 0.3) is 22.6 Å². The molecule has 6 rings (SSSR count). The van der Waals surface area contributed by atoms with E-state index in [0.717, 1.165) is 64.5 Å². The van der Waals surface area contributed by atoms with Gasteiger partial charge in [-0.15, -0.1) is 0 Å². The predicted octanol–water partition coefficient (Wildman–Crippen LogP) is 3.58. The maximum atomic E-state index is 12.6. The maximum absolute atomic E-state index is 12.6. The molecule has 2 amide bonds. The van der Waals surface area contributed by atoms with Gasteiger partial charge < -0.3 is 19.1 Å². The van der Waals surface area contributed by atoms with Crippen molar-refractivity contribution in [1.82, 2.24) is 25.8 Å². The van der Waals surface area contributed by atoms with Crippen molar-refractivity contribution in [2.75, 3.05) is 18.0 Å². The van der Waals surface area contributed by atoms with Crippen LogP contribution in [0.2, 0.25) is 0 Å². The molecule has 0 saturated carbocycles. The molecule has 4 aromatic rings. The van der Waals surface area contributed by atoms with Gasteiger partial charge in [-0.2, -0.15) is 5.10 Å². The summed E-state index contributed by atoms with van der Waals surface area (Å²) < 4.78 is 15.7. The zero-order valence-electron chi connectivity index (χ0n) is 19.8. The lowest BCUT2D eigenvalue weighted by Gasteiger charge is -2.16. The number of hydrogen-bond acceptors (Lipinski definition) is 8. The Morgan fingerprint density at radius 1 is 1.14 bits per heavy atom. The molecule has 2 N–H and O–H groups in total. The summed E-state index contributed by atoms with van der Waals surface area (Å²) in [5, 5.41) is 18.3. The number of fused-ring (bicyclic) bond motifs is 3. The van der Waals surface area contributed by atoms with Gasteiger partial charge >= 0.3 is 6.09 Å². The number of nitrogens with one attached hydrogen (secondary N) is 2. The summed E-state index contributed by atoms with van der Waals surface area (Å²) in [5.41, 5.74) is 6.75. The second kappa shape index (κ2) is 8.67.